The summed E-state index contributed by atoms with van der Waals surface area (Å²) in [5.41, 5.74) is 4.93. The van der Waals surface area contributed by atoms with Crippen molar-refractivity contribution in [2.24, 2.45) is 0 Å². The number of hydrogen-bond donors (Lipinski definition) is 2. The van der Waals surface area contributed by atoms with Crippen molar-refractivity contribution in [2.45, 2.75) is 20.4 Å². The zero-order valence-electron chi connectivity index (χ0n) is 17.3. The van der Waals surface area contributed by atoms with Crippen molar-refractivity contribution >= 4 is 28.9 Å². The Balaban J connectivity index is 1.59. The first-order chi connectivity index (χ1) is 14.4. The molecule has 30 heavy (non-hydrogen) atoms. The molecular weight excluding hydrogens is 400 g/mol. The topological polar surface area (TPSA) is 59.6 Å². The SMILES string of the molecule is COc1cc(CNc2cc(Cl)ccc2C)ccc1OCC(=O)Nc1cccc(C)c1. The number of carbonyl (C=O) groups is 1. The van der Waals surface area contributed by atoms with Crippen LogP contribution in [-0.4, -0.2) is 19.6 Å². The van der Waals surface area contributed by atoms with E-state index in [0.29, 0.717) is 23.1 Å². The van der Waals surface area contributed by atoms with Gasteiger partial charge in [0.2, 0.25) is 0 Å². The number of benzene rings is 3. The van der Waals surface area contributed by atoms with Gasteiger partial charge in [0, 0.05) is 22.9 Å². The van der Waals surface area contributed by atoms with Gasteiger partial charge in [-0.3, -0.25) is 4.79 Å². The summed E-state index contributed by atoms with van der Waals surface area (Å²) in [6.45, 7) is 4.49. The van der Waals surface area contributed by atoms with Gasteiger partial charge < -0.3 is 20.1 Å². The fourth-order valence-electron chi connectivity index (χ4n) is 2.99. The summed E-state index contributed by atoms with van der Waals surface area (Å²) < 4.78 is 11.1. The first-order valence-corrected chi connectivity index (χ1v) is 9.98. The Morgan fingerprint density at radius 3 is 2.60 bits per heavy atom. The molecule has 0 unspecified atom stereocenters. The summed E-state index contributed by atoms with van der Waals surface area (Å²) in [4.78, 5) is 12.2. The molecule has 156 valence electrons. The zero-order chi connectivity index (χ0) is 21.5. The first-order valence-electron chi connectivity index (χ1n) is 9.61. The highest BCUT2D eigenvalue weighted by molar-refractivity contribution is 6.30. The van der Waals surface area contributed by atoms with E-state index in [-0.39, 0.29) is 12.5 Å². The maximum absolute atomic E-state index is 12.2. The second kappa shape index (κ2) is 10.0. The van der Waals surface area contributed by atoms with E-state index in [4.69, 9.17) is 21.1 Å². The average Bonchev–Trinajstić information content (AvgIpc) is 2.73. The summed E-state index contributed by atoms with van der Waals surface area (Å²) in [5.74, 6) is 0.852. The average molecular weight is 425 g/mol. The predicted octanol–water partition coefficient (Wildman–Crippen LogP) is 5.60. The number of anilines is 2. The highest BCUT2D eigenvalue weighted by atomic mass is 35.5. The molecule has 5 nitrogen and oxygen atoms in total. The number of methoxy groups -OCH3 is 1. The normalized spacial score (nSPS) is 10.4. The van der Waals surface area contributed by atoms with Gasteiger partial charge in [-0.15, -0.1) is 0 Å². The van der Waals surface area contributed by atoms with Gasteiger partial charge in [-0.25, -0.2) is 0 Å². The Bertz CT molecular complexity index is 1040. The van der Waals surface area contributed by atoms with Gasteiger partial charge in [0.1, 0.15) is 0 Å². The van der Waals surface area contributed by atoms with Gasteiger partial charge in [0.25, 0.3) is 5.91 Å². The Morgan fingerprint density at radius 1 is 1.00 bits per heavy atom. The first kappa shape index (κ1) is 21.5. The van der Waals surface area contributed by atoms with Crippen LogP contribution in [0.4, 0.5) is 11.4 Å². The third-order valence-corrected chi connectivity index (χ3v) is 4.81. The van der Waals surface area contributed by atoms with Crippen molar-refractivity contribution in [3.05, 3.63) is 82.4 Å². The third kappa shape index (κ3) is 5.91. The van der Waals surface area contributed by atoms with E-state index in [1.807, 2.05) is 68.4 Å². The minimum absolute atomic E-state index is 0.108. The van der Waals surface area contributed by atoms with Crippen molar-refractivity contribution in [3.8, 4) is 11.5 Å². The predicted molar refractivity (Wildman–Crippen MR) is 122 cm³/mol. The van der Waals surface area contributed by atoms with Crippen LogP contribution in [0.2, 0.25) is 5.02 Å². The molecule has 0 saturated heterocycles. The molecule has 0 heterocycles. The van der Waals surface area contributed by atoms with E-state index in [0.717, 1.165) is 28.1 Å². The zero-order valence-corrected chi connectivity index (χ0v) is 18.0. The van der Waals surface area contributed by atoms with Crippen LogP contribution < -0.4 is 20.1 Å². The monoisotopic (exact) mass is 424 g/mol. The van der Waals surface area contributed by atoms with Crippen LogP contribution >= 0.6 is 11.6 Å². The van der Waals surface area contributed by atoms with Crippen molar-refractivity contribution in [2.75, 3.05) is 24.4 Å². The van der Waals surface area contributed by atoms with Gasteiger partial charge in [-0.2, -0.15) is 0 Å². The van der Waals surface area contributed by atoms with Crippen LogP contribution in [0.1, 0.15) is 16.7 Å². The molecule has 0 fully saturated rings. The van der Waals surface area contributed by atoms with E-state index in [1.165, 1.54) is 0 Å². The molecular formula is C24H25ClN2O3. The van der Waals surface area contributed by atoms with E-state index in [9.17, 15) is 4.79 Å². The molecule has 0 aliphatic rings. The summed E-state index contributed by atoms with van der Waals surface area (Å²) in [5, 5.41) is 6.89. The fraction of sp³-hybridized carbons (Fsp3) is 0.208. The lowest BCUT2D eigenvalue weighted by Gasteiger charge is -2.14. The molecule has 0 atom stereocenters. The van der Waals surface area contributed by atoms with E-state index >= 15 is 0 Å². The molecule has 1 amide bonds. The maximum Gasteiger partial charge on any atom is 0.262 e. The van der Waals surface area contributed by atoms with Crippen LogP contribution in [0.3, 0.4) is 0 Å². The molecule has 0 spiro atoms. The standard InChI is InChI=1S/C24H25ClN2O3/c1-16-5-4-6-20(11-16)27-24(28)15-30-22-10-8-18(12-23(22)29-3)14-26-21-13-19(25)9-7-17(21)2/h4-13,26H,14-15H2,1-3H3,(H,27,28). The molecule has 2 N–H and O–H groups in total. The lowest BCUT2D eigenvalue weighted by molar-refractivity contribution is -0.118. The summed E-state index contributed by atoms with van der Waals surface area (Å²) >= 11 is 6.08. The number of ether oxygens (including phenoxy) is 2. The van der Waals surface area contributed by atoms with Crippen LogP contribution in [0.25, 0.3) is 0 Å². The third-order valence-electron chi connectivity index (χ3n) is 4.57. The second-order valence-corrected chi connectivity index (χ2v) is 7.44. The molecule has 0 bridgehead atoms. The van der Waals surface area contributed by atoms with E-state index in [2.05, 4.69) is 10.6 Å². The number of halogens is 1. The molecule has 3 aromatic carbocycles. The largest absolute Gasteiger partial charge is 0.493 e. The number of amides is 1. The molecule has 0 saturated carbocycles. The number of aryl methyl sites for hydroxylation is 2. The highest BCUT2D eigenvalue weighted by Gasteiger charge is 2.10. The second-order valence-electron chi connectivity index (χ2n) is 7.00. The Kier molecular flexibility index (Phi) is 7.20. The van der Waals surface area contributed by atoms with Crippen LogP contribution in [0, 0.1) is 13.8 Å². The van der Waals surface area contributed by atoms with Crippen LogP contribution in [0.15, 0.2) is 60.7 Å². The van der Waals surface area contributed by atoms with Crippen LogP contribution in [-0.2, 0) is 11.3 Å². The quantitative estimate of drug-likeness (QED) is 0.494. The van der Waals surface area contributed by atoms with Crippen molar-refractivity contribution in [1.82, 2.24) is 0 Å². The molecule has 0 aliphatic carbocycles. The van der Waals surface area contributed by atoms with Gasteiger partial charge in [-0.1, -0.05) is 35.9 Å². The minimum Gasteiger partial charge on any atom is -0.493 e. The molecule has 0 radical (unpaired) electrons. The summed E-state index contributed by atoms with van der Waals surface area (Å²) in [6.07, 6.45) is 0. The van der Waals surface area contributed by atoms with Crippen molar-refractivity contribution < 1.29 is 14.3 Å². The van der Waals surface area contributed by atoms with Gasteiger partial charge >= 0.3 is 0 Å². The lowest BCUT2D eigenvalue weighted by Crippen LogP contribution is -2.20. The van der Waals surface area contributed by atoms with Crippen molar-refractivity contribution in [1.29, 1.82) is 0 Å². The summed E-state index contributed by atoms with van der Waals surface area (Å²) in [7, 11) is 1.58. The van der Waals surface area contributed by atoms with Gasteiger partial charge in [0.05, 0.1) is 7.11 Å². The highest BCUT2D eigenvalue weighted by Crippen LogP contribution is 2.29. The Labute approximate surface area is 182 Å². The Morgan fingerprint density at radius 2 is 1.83 bits per heavy atom. The minimum atomic E-state index is -0.232. The van der Waals surface area contributed by atoms with Gasteiger partial charge in [0.15, 0.2) is 18.1 Å². The Hall–Kier alpha value is -3.18. The molecule has 0 aromatic heterocycles. The number of carbonyl (C=O) groups excluding carboxylic acids is 1. The maximum atomic E-state index is 12.2. The lowest BCUT2D eigenvalue weighted by atomic mass is 10.1. The smallest absolute Gasteiger partial charge is 0.262 e. The number of rotatable bonds is 8. The molecule has 3 aromatic rings. The molecule has 3 rings (SSSR count). The number of hydrogen-bond acceptors (Lipinski definition) is 4. The van der Waals surface area contributed by atoms with E-state index in [1.54, 1.807) is 13.2 Å². The summed E-state index contributed by atoms with van der Waals surface area (Å²) in [6, 6.07) is 19.0. The van der Waals surface area contributed by atoms with E-state index < -0.39 is 0 Å². The molecule has 6 heteroatoms. The molecule has 0 aliphatic heterocycles. The number of nitrogens with one attached hydrogen (secondary N) is 2. The van der Waals surface area contributed by atoms with Gasteiger partial charge in [-0.05, 0) is 66.9 Å². The van der Waals surface area contributed by atoms with Crippen molar-refractivity contribution in [3.63, 3.8) is 0 Å². The van der Waals surface area contributed by atoms with Crippen LogP contribution in [0.5, 0.6) is 11.5 Å². The fourth-order valence-corrected chi connectivity index (χ4v) is 3.16.